The largest absolute Gasteiger partial charge is 0.494 e. The lowest BCUT2D eigenvalue weighted by Gasteiger charge is -2.24. The summed E-state index contributed by atoms with van der Waals surface area (Å²) < 4.78 is 8.92. The van der Waals surface area contributed by atoms with Gasteiger partial charge in [0, 0.05) is 44.5 Å². The number of benzene rings is 1. The number of aromatic nitrogens is 4. The molecule has 1 aromatic carbocycles. The molecule has 3 heterocycles. The van der Waals surface area contributed by atoms with E-state index in [9.17, 15) is 4.79 Å². The van der Waals surface area contributed by atoms with Gasteiger partial charge in [-0.1, -0.05) is 0 Å². The van der Waals surface area contributed by atoms with Gasteiger partial charge in [-0.15, -0.1) is 0 Å². The molecule has 9 heteroatoms. The van der Waals surface area contributed by atoms with Crippen LogP contribution in [0.25, 0.3) is 11.2 Å². The Kier molecular flexibility index (Phi) is 5.86. The van der Waals surface area contributed by atoms with Crippen LogP contribution in [0.3, 0.4) is 0 Å². The summed E-state index contributed by atoms with van der Waals surface area (Å²) in [5.74, 6) is 1.16. The van der Waals surface area contributed by atoms with E-state index in [0.717, 1.165) is 49.7 Å². The number of fused-ring (bicyclic) bond motifs is 1. The SMILES string of the molecule is COc1cc(N2CCCN(C)CC2)ccc1Nc1ncc2c(n1)n(C(C)C)c(=O)n2C. The van der Waals surface area contributed by atoms with Crippen molar-refractivity contribution in [3.63, 3.8) is 0 Å². The number of hydrogen-bond acceptors (Lipinski definition) is 7. The van der Waals surface area contributed by atoms with Crippen LogP contribution < -0.4 is 20.6 Å². The summed E-state index contributed by atoms with van der Waals surface area (Å²) in [6.07, 6.45) is 2.82. The number of methoxy groups -OCH3 is 1. The zero-order valence-corrected chi connectivity index (χ0v) is 18.9. The zero-order valence-electron chi connectivity index (χ0n) is 18.9. The normalized spacial score (nSPS) is 15.5. The molecule has 31 heavy (non-hydrogen) atoms. The first kappa shape index (κ1) is 21.2. The average Bonchev–Trinajstić information content (AvgIpc) is 2.88. The molecule has 1 saturated heterocycles. The van der Waals surface area contributed by atoms with Crippen molar-refractivity contribution in [2.75, 3.05) is 50.6 Å². The van der Waals surface area contributed by atoms with Crippen molar-refractivity contribution in [2.24, 2.45) is 7.05 Å². The highest BCUT2D eigenvalue weighted by atomic mass is 16.5. The van der Waals surface area contributed by atoms with Gasteiger partial charge in [0.15, 0.2) is 5.65 Å². The minimum absolute atomic E-state index is 0.000406. The van der Waals surface area contributed by atoms with Crippen LogP contribution in [0.2, 0.25) is 0 Å². The van der Waals surface area contributed by atoms with Crippen LogP contribution in [-0.4, -0.2) is 64.3 Å². The van der Waals surface area contributed by atoms with E-state index in [1.165, 1.54) is 0 Å². The van der Waals surface area contributed by atoms with Gasteiger partial charge in [-0.25, -0.2) is 9.78 Å². The van der Waals surface area contributed by atoms with Crippen molar-refractivity contribution in [3.05, 3.63) is 34.9 Å². The first-order valence-electron chi connectivity index (χ1n) is 10.7. The van der Waals surface area contributed by atoms with Crippen molar-refractivity contribution in [1.29, 1.82) is 0 Å². The number of nitrogens with one attached hydrogen (secondary N) is 1. The standard InChI is InChI=1S/C22H31N7O2/c1-15(2)29-20-18(27(4)22(29)30)14-23-21(25-20)24-17-8-7-16(13-19(17)31-5)28-10-6-9-26(3)11-12-28/h7-8,13-15H,6,9-12H2,1-5H3,(H,23,24,25). The van der Waals surface area contributed by atoms with Gasteiger partial charge in [0.2, 0.25) is 5.95 Å². The van der Waals surface area contributed by atoms with Gasteiger partial charge in [0.05, 0.1) is 19.0 Å². The lowest BCUT2D eigenvalue weighted by Crippen LogP contribution is -2.28. The van der Waals surface area contributed by atoms with Gasteiger partial charge in [-0.2, -0.15) is 4.98 Å². The van der Waals surface area contributed by atoms with Crippen LogP contribution in [0.5, 0.6) is 5.75 Å². The van der Waals surface area contributed by atoms with E-state index in [1.807, 2.05) is 19.9 Å². The van der Waals surface area contributed by atoms with Gasteiger partial charge >= 0.3 is 5.69 Å². The Labute approximate surface area is 182 Å². The maximum absolute atomic E-state index is 12.5. The molecule has 0 aliphatic carbocycles. The summed E-state index contributed by atoms with van der Waals surface area (Å²) in [7, 11) is 5.57. The monoisotopic (exact) mass is 425 g/mol. The smallest absolute Gasteiger partial charge is 0.330 e. The molecule has 0 amide bonds. The Morgan fingerprint density at radius 1 is 1.13 bits per heavy atom. The van der Waals surface area contributed by atoms with Gasteiger partial charge < -0.3 is 19.9 Å². The number of imidazole rings is 1. The van der Waals surface area contributed by atoms with Crippen LogP contribution >= 0.6 is 0 Å². The number of ether oxygens (including phenoxy) is 1. The third-order valence-electron chi connectivity index (χ3n) is 5.87. The molecular weight excluding hydrogens is 394 g/mol. The van der Waals surface area contributed by atoms with Crippen molar-refractivity contribution >= 4 is 28.5 Å². The third-order valence-corrected chi connectivity index (χ3v) is 5.87. The summed E-state index contributed by atoms with van der Waals surface area (Å²) in [5.41, 5.74) is 3.15. The lowest BCUT2D eigenvalue weighted by molar-refractivity contribution is 0.360. The van der Waals surface area contributed by atoms with E-state index in [-0.39, 0.29) is 11.7 Å². The van der Waals surface area contributed by atoms with Gasteiger partial charge in [-0.3, -0.25) is 9.13 Å². The molecule has 1 fully saturated rings. The molecule has 1 N–H and O–H groups in total. The maximum atomic E-state index is 12.5. The van der Waals surface area contributed by atoms with E-state index in [1.54, 1.807) is 29.5 Å². The third kappa shape index (κ3) is 4.10. The van der Waals surface area contributed by atoms with Crippen LogP contribution in [-0.2, 0) is 7.05 Å². The first-order valence-corrected chi connectivity index (χ1v) is 10.7. The topological polar surface area (TPSA) is 80.5 Å². The van der Waals surface area contributed by atoms with Crippen molar-refractivity contribution in [3.8, 4) is 5.75 Å². The fourth-order valence-electron chi connectivity index (χ4n) is 4.07. The molecule has 1 aliphatic heterocycles. The van der Waals surface area contributed by atoms with E-state index in [2.05, 4.69) is 44.3 Å². The van der Waals surface area contributed by atoms with E-state index >= 15 is 0 Å². The quantitative estimate of drug-likeness (QED) is 0.673. The molecule has 0 bridgehead atoms. The predicted molar refractivity (Wildman–Crippen MR) is 124 cm³/mol. The Morgan fingerprint density at radius 2 is 1.94 bits per heavy atom. The number of likely N-dealkylation sites (N-methyl/N-ethyl adjacent to an activating group) is 1. The minimum Gasteiger partial charge on any atom is -0.494 e. The summed E-state index contributed by atoms with van der Waals surface area (Å²) in [4.78, 5) is 26.3. The molecule has 166 valence electrons. The Balaban J connectivity index is 1.64. The summed E-state index contributed by atoms with van der Waals surface area (Å²) in [6, 6.07) is 6.15. The number of rotatable bonds is 5. The number of aryl methyl sites for hydroxylation is 1. The summed E-state index contributed by atoms with van der Waals surface area (Å²) in [5, 5.41) is 3.26. The van der Waals surface area contributed by atoms with Crippen molar-refractivity contribution < 1.29 is 4.74 Å². The van der Waals surface area contributed by atoms with Crippen LogP contribution in [0.1, 0.15) is 26.3 Å². The molecule has 0 unspecified atom stereocenters. The Bertz CT molecular complexity index is 1130. The first-order chi connectivity index (χ1) is 14.9. The fourth-order valence-corrected chi connectivity index (χ4v) is 4.07. The molecule has 3 aromatic rings. The Morgan fingerprint density at radius 3 is 2.68 bits per heavy atom. The summed E-state index contributed by atoms with van der Waals surface area (Å²) >= 11 is 0. The van der Waals surface area contributed by atoms with Gasteiger partial charge in [0.1, 0.15) is 11.3 Å². The molecule has 0 spiro atoms. The second-order valence-electron chi connectivity index (χ2n) is 8.36. The van der Waals surface area contributed by atoms with Crippen molar-refractivity contribution in [2.45, 2.75) is 26.3 Å². The second-order valence-corrected chi connectivity index (χ2v) is 8.36. The molecule has 0 atom stereocenters. The van der Waals surface area contributed by atoms with Crippen LogP contribution in [0.15, 0.2) is 29.2 Å². The van der Waals surface area contributed by atoms with E-state index in [4.69, 9.17) is 4.74 Å². The fraction of sp³-hybridized carbons (Fsp3) is 0.500. The number of nitrogens with zero attached hydrogens (tertiary/aromatic N) is 6. The molecule has 0 saturated carbocycles. The van der Waals surface area contributed by atoms with Gasteiger partial charge in [-0.05, 0) is 46.0 Å². The molecular formula is C22H31N7O2. The second kappa shape index (κ2) is 8.58. The Hall–Kier alpha value is -3.07. The van der Waals surface area contributed by atoms with E-state index < -0.39 is 0 Å². The molecule has 9 nitrogen and oxygen atoms in total. The number of anilines is 3. The van der Waals surface area contributed by atoms with E-state index in [0.29, 0.717) is 17.1 Å². The maximum Gasteiger partial charge on any atom is 0.330 e. The molecule has 1 aliphatic rings. The lowest BCUT2D eigenvalue weighted by atomic mass is 10.2. The molecule has 0 radical (unpaired) electrons. The average molecular weight is 426 g/mol. The number of hydrogen-bond donors (Lipinski definition) is 1. The van der Waals surface area contributed by atoms with Crippen molar-refractivity contribution in [1.82, 2.24) is 24.0 Å². The van der Waals surface area contributed by atoms with Crippen LogP contribution in [0.4, 0.5) is 17.3 Å². The highest BCUT2D eigenvalue weighted by molar-refractivity contribution is 5.74. The zero-order chi connectivity index (χ0) is 22.1. The highest BCUT2D eigenvalue weighted by Gasteiger charge is 2.17. The van der Waals surface area contributed by atoms with Crippen LogP contribution in [0, 0.1) is 0 Å². The predicted octanol–water partition coefficient (Wildman–Crippen LogP) is 2.61. The highest BCUT2D eigenvalue weighted by Crippen LogP contribution is 2.32. The minimum atomic E-state index is -0.0959. The summed E-state index contributed by atoms with van der Waals surface area (Å²) in [6.45, 7) is 8.13. The molecule has 4 rings (SSSR count). The molecule has 2 aromatic heterocycles. The van der Waals surface area contributed by atoms with Gasteiger partial charge in [0.25, 0.3) is 0 Å².